The third-order valence-electron chi connectivity index (χ3n) is 2.03. The summed E-state index contributed by atoms with van der Waals surface area (Å²) >= 11 is 4.63. The maximum absolute atomic E-state index is 11.5. The fourth-order valence-electron chi connectivity index (χ4n) is 1.28. The summed E-state index contributed by atoms with van der Waals surface area (Å²) < 4.78 is 6.14. The van der Waals surface area contributed by atoms with Crippen molar-refractivity contribution in [2.75, 3.05) is 0 Å². The molecular weight excluding hydrogens is 304 g/mol. The minimum Gasteiger partial charge on any atom is -0.416 e. The highest BCUT2D eigenvalue weighted by Crippen LogP contribution is 2.31. The number of nitrogens with zero attached hydrogens (tertiary/aromatic N) is 2. The Morgan fingerprint density at radius 3 is 2.76 bits per heavy atom. The second kappa shape index (κ2) is 5.01. The second-order valence-corrected chi connectivity index (χ2v) is 5.29. The summed E-state index contributed by atoms with van der Waals surface area (Å²) in [5, 5.41) is 8.07. The normalized spacial score (nSPS) is 10.5. The number of aromatic nitrogens is 2. The van der Waals surface area contributed by atoms with Crippen molar-refractivity contribution >= 4 is 33.5 Å². The van der Waals surface area contributed by atoms with Crippen molar-refractivity contribution in [3.8, 4) is 0 Å². The SMILES string of the molecule is CC(=O)c1cc(Br)ccc1Sc1nnc(C)o1. The number of Topliss-reactive ketones (excluding diaryl/α,β-unsaturated/α-hetero) is 1. The first kappa shape index (κ1) is 12.3. The molecule has 0 bridgehead atoms. The molecule has 1 heterocycles. The van der Waals surface area contributed by atoms with Gasteiger partial charge in [-0.25, -0.2) is 0 Å². The van der Waals surface area contributed by atoms with Crippen LogP contribution >= 0.6 is 27.7 Å². The fraction of sp³-hybridized carbons (Fsp3) is 0.182. The number of carbonyl (C=O) groups excluding carboxylic acids is 1. The van der Waals surface area contributed by atoms with Crippen LogP contribution in [-0.2, 0) is 0 Å². The van der Waals surface area contributed by atoms with Gasteiger partial charge in [0, 0.05) is 21.9 Å². The molecule has 1 aromatic heterocycles. The van der Waals surface area contributed by atoms with Gasteiger partial charge in [0.15, 0.2) is 5.78 Å². The van der Waals surface area contributed by atoms with Gasteiger partial charge in [-0.3, -0.25) is 4.79 Å². The molecule has 0 fully saturated rings. The van der Waals surface area contributed by atoms with Gasteiger partial charge in [0.1, 0.15) is 0 Å². The first-order chi connectivity index (χ1) is 8.06. The predicted octanol–water partition coefficient (Wildman–Crippen LogP) is 3.49. The van der Waals surface area contributed by atoms with Crippen LogP contribution in [0.4, 0.5) is 0 Å². The molecule has 6 heteroatoms. The maximum Gasteiger partial charge on any atom is 0.281 e. The molecule has 0 saturated heterocycles. The molecule has 0 aliphatic heterocycles. The van der Waals surface area contributed by atoms with Gasteiger partial charge in [-0.1, -0.05) is 15.9 Å². The maximum atomic E-state index is 11.5. The van der Waals surface area contributed by atoms with E-state index in [9.17, 15) is 4.79 Å². The Labute approximate surface area is 111 Å². The van der Waals surface area contributed by atoms with Crippen molar-refractivity contribution in [2.24, 2.45) is 0 Å². The number of rotatable bonds is 3. The van der Waals surface area contributed by atoms with E-state index >= 15 is 0 Å². The summed E-state index contributed by atoms with van der Waals surface area (Å²) in [6, 6.07) is 5.51. The molecule has 88 valence electrons. The summed E-state index contributed by atoms with van der Waals surface area (Å²) in [4.78, 5) is 12.3. The van der Waals surface area contributed by atoms with E-state index in [0.717, 1.165) is 9.37 Å². The third-order valence-corrected chi connectivity index (χ3v) is 3.43. The zero-order valence-corrected chi connectivity index (χ0v) is 11.6. The lowest BCUT2D eigenvalue weighted by molar-refractivity contribution is 0.101. The average Bonchev–Trinajstić information content (AvgIpc) is 2.66. The average molecular weight is 313 g/mol. The van der Waals surface area contributed by atoms with Crippen molar-refractivity contribution < 1.29 is 9.21 Å². The van der Waals surface area contributed by atoms with E-state index in [2.05, 4.69) is 26.1 Å². The van der Waals surface area contributed by atoms with Gasteiger partial charge in [-0.05, 0) is 36.9 Å². The number of hydrogen-bond acceptors (Lipinski definition) is 5. The van der Waals surface area contributed by atoms with E-state index in [0.29, 0.717) is 16.7 Å². The first-order valence-electron chi connectivity index (χ1n) is 4.84. The molecule has 0 aliphatic carbocycles. The molecule has 17 heavy (non-hydrogen) atoms. The van der Waals surface area contributed by atoms with Crippen LogP contribution in [0, 0.1) is 6.92 Å². The molecule has 0 amide bonds. The summed E-state index contributed by atoms with van der Waals surface area (Å²) in [7, 11) is 0. The number of ketones is 1. The standard InChI is InChI=1S/C11H9BrN2O2S/c1-6(15)9-5-8(12)3-4-10(9)17-11-14-13-7(2)16-11/h3-5H,1-2H3. The van der Waals surface area contributed by atoms with E-state index in [1.54, 1.807) is 13.0 Å². The topological polar surface area (TPSA) is 56.0 Å². The predicted molar refractivity (Wildman–Crippen MR) is 67.3 cm³/mol. The van der Waals surface area contributed by atoms with Crippen LogP contribution in [0.3, 0.4) is 0 Å². The van der Waals surface area contributed by atoms with E-state index < -0.39 is 0 Å². The summed E-state index contributed by atoms with van der Waals surface area (Å²) in [5.41, 5.74) is 0.639. The number of benzene rings is 1. The van der Waals surface area contributed by atoms with Crippen LogP contribution in [0.25, 0.3) is 0 Å². The Kier molecular flexibility index (Phi) is 3.63. The van der Waals surface area contributed by atoms with Crippen molar-refractivity contribution in [3.05, 3.63) is 34.1 Å². The molecule has 4 nitrogen and oxygen atoms in total. The number of carbonyl (C=O) groups is 1. The van der Waals surface area contributed by atoms with Crippen LogP contribution in [0.5, 0.6) is 0 Å². The van der Waals surface area contributed by atoms with Crippen molar-refractivity contribution in [2.45, 2.75) is 24.0 Å². The van der Waals surface area contributed by atoms with Crippen LogP contribution in [0.2, 0.25) is 0 Å². The first-order valence-corrected chi connectivity index (χ1v) is 6.45. The Hall–Kier alpha value is -1.14. The Balaban J connectivity index is 2.35. The Morgan fingerprint density at radius 1 is 1.41 bits per heavy atom. The minimum absolute atomic E-state index is 0.00466. The highest BCUT2D eigenvalue weighted by molar-refractivity contribution is 9.10. The van der Waals surface area contributed by atoms with Crippen molar-refractivity contribution in [1.82, 2.24) is 10.2 Å². The number of aryl methyl sites for hydroxylation is 1. The molecular formula is C11H9BrN2O2S. The van der Waals surface area contributed by atoms with Crippen LogP contribution in [0.1, 0.15) is 23.2 Å². The highest BCUT2D eigenvalue weighted by atomic mass is 79.9. The highest BCUT2D eigenvalue weighted by Gasteiger charge is 2.12. The zero-order valence-electron chi connectivity index (χ0n) is 9.23. The molecule has 2 aromatic rings. The monoisotopic (exact) mass is 312 g/mol. The quantitative estimate of drug-likeness (QED) is 0.812. The van der Waals surface area contributed by atoms with Crippen LogP contribution < -0.4 is 0 Å². The largest absolute Gasteiger partial charge is 0.416 e. The number of hydrogen-bond donors (Lipinski definition) is 0. The summed E-state index contributed by atoms with van der Waals surface area (Å²) in [6.07, 6.45) is 0. The van der Waals surface area contributed by atoms with Gasteiger partial charge in [0.05, 0.1) is 0 Å². The molecule has 1 aromatic carbocycles. The van der Waals surface area contributed by atoms with Crippen molar-refractivity contribution in [3.63, 3.8) is 0 Å². The molecule has 0 unspecified atom stereocenters. The van der Waals surface area contributed by atoms with Gasteiger partial charge in [0.25, 0.3) is 5.22 Å². The summed E-state index contributed by atoms with van der Waals surface area (Å²) in [6.45, 7) is 3.26. The Morgan fingerprint density at radius 2 is 2.18 bits per heavy atom. The third kappa shape index (κ3) is 2.95. The second-order valence-electron chi connectivity index (χ2n) is 3.39. The fourth-order valence-corrected chi connectivity index (χ4v) is 2.52. The van der Waals surface area contributed by atoms with Crippen molar-refractivity contribution in [1.29, 1.82) is 0 Å². The lowest BCUT2D eigenvalue weighted by Gasteiger charge is -2.04. The van der Waals surface area contributed by atoms with Gasteiger partial charge in [0.2, 0.25) is 5.89 Å². The lowest BCUT2D eigenvalue weighted by Crippen LogP contribution is -1.95. The lowest BCUT2D eigenvalue weighted by atomic mass is 10.1. The van der Waals surface area contributed by atoms with Crippen LogP contribution in [-0.4, -0.2) is 16.0 Å². The smallest absolute Gasteiger partial charge is 0.281 e. The molecule has 0 radical (unpaired) electrons. The molecule has 2 rings (SSSR count). The minimum atomic E-state index is 0.00466. The number of halogens is 1. The van der Waals surface area contributed by atoms with E-state index in [1.165, 1.54) is 18.7 Å². The van der Waals surface area contributed by atoms with E-state index in [-0.39, 0.29) is 5.78 Å². The van der Waals surface area contributed by atoms with Gasteiger partial charge in [-0.2, -0.15) is 0 Å². The van der Waals surface area contributed by atoms with Gasteiger partial charge < -0.3 is 4.42 Å². The molecule has 0 saturated carbocycles. The summed E-state index contributed by atoms with van der Waals surface area (Å²) in [5.74, 6) is 0.513. The molecule has 0 N–H and O–H groups in total. The molecule has 0 spiro atoms. The van der Waals surface area contributed by atoms with Gasteiger partial charge >= 0.3 is 0 Å². The zero-order chi connectivity index (χ0) is 12.4. The van der Waals surface area contributed by atoms with E-state index in [1.807, 2.05) is 12.1 Å². The molecule has 0 atom stereocenters. The van der Waals surface area contributed by atoms with E-state index in [4.69, 9.17) is 4.42 Å². The Bertz CT molecular complexity index is 568. The van der Waals surface area contributed by atoms with Gasteiger partial charge in [-0.15, -0.1) is 10.2 Å². The molecule has 0 aliphatic rings. The van der Waals surface area contributed by atoms with Crippen LogP contribution in [0.15, 0.2) is 37.2 Å².